The molecule has 1 rings (SSSR count). The van der Waals surface area contributed by atoms with Crippen molar-refractivity contribution in [3.63, 3.8) is 0 Å². The first kappa shape index (κ1) is 4.39. The van der Waals surface area contributed by atoms with Crippen molar-refractivity contribution in [2.45, 2.75) is 0 Å². The number of H-pyrrole nitrogens is 1. The molecule has 4 heteroatoms. The third-order valence-corrected chi connectivity index (χ3v) is 1.19. The Labute approximate surface area is 43.4 Å². The molecule has 1 aromatic rings. The van der Waals surface area contributed by atoms with Crippen LogP contribution in [0.25, 0.3) is 0 Å². The average Bonchev–Trinajstić information content (AvgIpc) is 1.91. The van der Waals surface area contributed by atoms with Gasteiger partial charge in [-0.25, -0.2) is 0 Å². The Bertz CT molecular complexity index is 201. The largest absolute Gasteiger partial charge is 0.502 e. The third-order valence-electron chi connectivity index (χ3n) is 0.556. The molecule has 0 radical (unpaired) electrons. The van der Waals surface area contributed by atoms with E-state index in [1.165, 1.54) is 6.20 Å². The highest BCUT2D eigenvalue weighted by Crippen LogP contribution is 1.96. The zero-order chi connectivity index (χ0) is 5.28. The lowest BCUT2D eigenvalue weighted by atomic mass is 10.7. The SMILES string of the molecule is O=c1s[nH]cc1O. The molecule has 0 amide bonds. The van der Waals surface area contributed by atoms with Crippen LogP contribution in [-0.4, -0.2) is 9.48 Å². The summed E-state index contributed by atoms with van der Waals surface area (Å²) in [6, 6.07) is 0. The maximum absolute atomic E-state index is 10.2. The number of hydrogen-bond donors (Lipinski definition) is 2. The van der Waals surface area contributed by atoms with Crippen LogP contribution in [0.1, 0.15) is 0 Å². The Balaban J connectivity index is 3.39. The first-order chi connectivity index (χ1) is 3.30. The van der Waals surface area contributed by atoms with E-state index in [9.17, 15) is 4.79 Å². The molecule has 3 nitrogen and oxygen atoms in total. The molecule has 2 N–H and O–H groups in total. The van der Waals surface area contributed by atoms with Crippen LogP contribution in [0.3, 0.4) is 0 Å². The van der Waals surface area contributed by atoms with E-state index in [1.54, 1.807) is 0 Å². The monoisotopic (exact) mass is 117 g/mol. The summed E-state index contributed by atoms with van der Waals surface area (Å²) >= 11 is 0.874. The van der Waals surface area contributed by atoms with Crippen LogP contribution >= 0.6 is 11.5 Å². The summed E-state index contributed by atoms with van der Waals surface area (Å²) in [5.74, 6) is -0.204. The van der Waals surface area contributed by atoms with Gasteiger partial charge in [0, 0.05) is 0 Å². The van der Waals surface area contributed by atoms with Crippen molar-refractivity contribution >= 4 is 11.5 Å². The standard InChI is InChI=1S/C3H3NO2S/c5-2-1-4-7-3(2)6/h1,4-5H. The van der Waals surface area contributed by atoms with Crippen molar-refractivity contribution < 1.29 is 5.11 Å². The Morgan fingerprint density at radius 3 is 2.71 bits per heavy atom. The summed E-state index contributed by atoms with van der Waals surface area (Å²) in [6.45, 7) is 0. The highest BCUT2D eigenvalue weighted by molar-refractivity contribution is 7.03. The van der Waals surface area contributed by atoms with E-state index in [2.05, 4.69) is 4.37 Å². The van der Waals surface area contributed by atoms with E-state index in [0.29, 0.717) is 0 Å². The van der Waals surface area contributed by atoms with Crippen LogP contribution in [0.5, 0.6) is 5.75 Å². The normalized spacial score (nSPS) is 9.14. The van der Waals surface area contributed by atoms with Gasteiger partial charge in [-0.2, -0.15) is 0 Å². The molecule has 38 valence electrons. The fraction of sp³-hybridized carbons (Fsp3) is 0. The average molecular weight is 117 g/mol. The molecule has 0 saturated carbocycles. The molecule has 1 heterocycles. The zero-order valence-electron chi connectivity index (χ0n) is 3.34. The third kappa shape index (κ3) is 0.640. The van der Waals surface area contributed by atoms with Gasteiger partial charge in [0.15, 0.2) is 5.75 Å². The van der Waals surface area contributed by atoms with Gasteiger partial charge in [0.1, 0.15) is 0 Å². The summed E-state index contributed by atoms with van der Waals surface area (Å²) in [6.07, 6.45) is 1.26. The van der Waals surface area contributed by atoms with Crippen molar-refractivity contribution in [1.29, 1.82) is 0 Å². The fourth-order valence-electron chi connectivity index (χ4n) is 0.250. The maximum atomic E-state index is 10.2. The number of aromatic amines is 1. The first-order valence-corrected chi connectivity index (χ1v) is 2.48. The summed E-state index contributed by atoms with van der Waals surface area (Å²) in [5, 5.41) is 8.43. The van der Waals surface area contributed by atoms with Gasteiger partial charge in [-0.1, -0.05) is 0 Å². The van der Waals surface area contributed by atoms with Crippen LogP contribution in [0.2, 0.25) is 0 Å². The predicted octanol–water partition coefficient (Wildman–Crippen LogP) is 0.142. The van der Waals surface area contributed by atoms with Gasteiger partial charge in [-0.3, -0.25) is 4.79 Å². The first-order valence-electron chi connectivity index (χ1n) is 1.66. The topological polar surface area (TPSA) is 53.1 Å². The number of nitrogens with one attached hydrogen (secondary N) is 1. The Kier molecular flexibility index (Phi) is 0.867. The second-order valence-electron chi connectivity index (χ2n) is 1.04. The van der Waals surface area contributed by atoms with Crippen LogP contribution in [0, 0.1) is 0 Å². The minimum atomic E-state index is -0.319. The maximum Gasteiger partial charge on any atom is 0.291 e. The quantitative estimate of drug-likeness (QED) is 0.508. The molecule has 7 heavy (non-hydrogen) atoms. The molecular formula is C3H3NO2S. The number of hydrogen-bond acceptors (Lipinski definition) is 3. The summed E-state index contributed by atoms with van der Waals surface area (Å²) < 4.78 is 2.16. The molecule has 0 aliphatic rings. The molecular weight excluding hydrogens is 114 g/mol. The molecule has 1 aromatic heterocycles. The Morgan fingerprint density at radius 1 is 1.86 bits per heavy atom. The lowest BCUT2D eigenvalue weighted by Crippen LogP contribution is -1.83. The van der Waals surface area contributed by atoms with E-state index in [4.69, 9.17) is 5.11 Å². The van der Waals surface area contributed by atoms with Gasteiger partial charge >= 0.3 is 0 Å². The lowest BCUT2D eigenvalue weighted by Gasteiger charge is -1.66. The molecule has 0 saturated heterocycles. The second kappa shape index (κ2) is 1.38. The molecule has 0 atom stereocenters. The van der Waals surface area contributed by atoms with E-state index in [0.717, 1.165) is 11.5 Å². The van der Waals surface area contributed by atoms with Crippen molar-refractivity contribution in [3.8, 4) is 5.75 Å². The molecule has 0 bridgehead atoms. The van der Waals surface area contributed by atoms with Gasteiger partial charge in [-0.05, 0) is 11.5 Å². The molecule has 0 spiro atoms. The van der Waals surface area contributed by atoms with Gasteiger partial charge in [-0.15, -0.1) is 0 Å². The second-order valence-corrected chi connectivity index (χ2v) is 1.85. The van der Waals surface area contributed by atoms with Crippen molar-refractivity contribution in [1.82, 2.24) is 4.37 Å². The number of aromatic hydroxyl groups is 1. The molecule has 0 unspecified atom stereocenters. The summed E-state index contributed by atoms with van der Waals surface area (Å²) in [4.78, 5) is 10.2. The minimum absolute atomic E-state index is 0.204. The highest BCUT2D eigenvalue weighted by Gasteiger charge is 1.91. The Hall–Kier alpha value is -0.770. The predicted molar refractivity (Wildman–Crippen MR) is 26.6 cm³/mol. The van der Waals surface area contributed by atoms with Crippen LogP contribution in [-0.2, 0) is 0 Å². The minimum Gasteiger partial charge on any atom is -0.502 e. The highest BCUT2D eigenvalue weighted by atomic mass is 32.1. The van der Waals surface area contributed by atoms with E-state index in [1.807, 2.05) is 0 Å². The lowest BCUT2D eigenvalue weighted by molar-refractivity contribution is 0.472. The van der Waals surface area contributed by atoms with E-state index >= 15 is 0 Å². The van der Waals surface area contributed by atoms with Gasteiger partial charge in [0.05, 0.1) is 6.20 Å². The van der Waals surface area contributed by atoms with Gasteiger partial charge in [0.25, 0.3) is 4.74 Å². The summed E-state index contributed by atoms with van der Waals surface area (Å²) in [7, 11) is 0. The number of rotatable bonds is 0. The van der Waals surface area contributed by atoms with Crippen molar-refractivity contribution in [3.05, 3.63) is 15.7 Å². The van der Waals surface area contributed by atoms with E-state index in [-0.39, 0.29) is 10.5 Å². The van der Waals surface area contributed by atoms with Crippen LogP contribution in [0.15, 0.2) is 11.0 Å². The molecule has 0 fully saturated rings. The van der Waals surface area contributed by atoms with Crippen molar-refractivity contribution in [2.24, 2.45) is 0 Å². The summed E-state index contributed by atoms with van der Waals surface area (Å²) in [5.41, 5.74) is 0. The molecule has 0 aliphatic carbocycles. The van der Waals surface area contributed by atoms with Gasteiger partial charge < -0.3 is 9.48 Å². The molecule has 0 aromatic carbocycles. The number of aromatic nitrogens is 1. The smallest absolute Gasteiger partial charge is 0.291 e. The fourth-order valence-corrected chi connectivity index (χ4v) is 0.691. The van der Waals surface area contributed by atoms with E-state index < -0.39 is 0 Å². The molecule has 0 aliphatic heterocycles. The van der Waals surface area contributed by atoms with Gasteiger partial charge in [0.2, 0.25) is 0 Å². The van der Waals surface area contributed by atoms with Crippen molar-refractivity contribution in [2.75, 3.05) is 0 Å². The van der Waals surface area contributed by atoms with Crippen LogP contribution < -0.4 is 4.74 Å². The van der Waals surface area contributed by atoms with Crippen LogP contribution in [0.4, 0.5) is 0 Å². The zero-order valence-corrected chi connectivity index (χ0v) is 4.16. The Morgan fingerprint density at radius 2 is 2.57 bits per heavy atom.